The maximum Gasteiger partial charge on any atom is 0.225 e. The van der Waals surface area contributed by atoms with Crippen molar-refractivity contribution in [2.75, 3.05) is 5.32 Å². The number of pyridine rings is 2. The summed E-state index contributed by atoms with van der Waals surface area (Å²) in [6, 6.07) is 10.4. The predicted octanol–water partition coefficient (Wildman–Crippen LogP) is 5.30. The van der Waals surface area contributed by atoms with E-state index in [1.54, 1.807) is 30.5 Å². The zero-order chi connectivity index (χ0) is 21.4. The highest BCUT2D eigenvalue weighted by Crippen LogP contribution is 2.53. The first kappa shape index (κ1) is 19.7. The van der Waals surface area contributed by atoms with E-state index in [1.165, 1.54) is 11.6 Å². The van der Waals surface area contributed by atoms with Crippen molar-refractivity contribution in [1.82, 2.24) is 9.97 Å². The van der Waals surface area contributed by atoms with E-state index in [9.17, 15) is 9.18 Å². The van der Waals surface area contributed by atoms with Gasteiger partial charge in [-0.3, -0.25) is 9.78 Å². The molecule has 4 atom stereocenters. The standard InChI is InChI=1S/C26H24FN3O/c1-2-16-3-6-25(29-15-16)30-26(31)11-17-9-18-12-20(13-19(18)10-17)22-7-8-28-24-5-4-21(27)14-23(22)24/h1,3-8,14-15,17-20H,9-13H2,(H,29,30,31)/t17-,18-,19+,20?. The second kappa shape index (κ2) is 8.11. The number of anilines is 1. The summed E-state index contributed by atoms with van der Waals surface area (Å²) in [4.78, 5) is 21.1. The monoisotopic (exact) mass is 413 g/mol. The van der Waals surface area contributed by atoms with Crippen LogP contribution in [0.25, 0.3) is 10.9 Å². The van der Waals surface area contributed by atoms with Crippen molar-refractivity contribution in [3.05, 3.63) is 65.7 Å². The Morgan fingerprint density at radius 3 is 2.61 bits per heavy atom. The second-order valence-electron chi connectivity index (χ2n) is 8.92. The van der Waals surface area contributed by atoms with Crippen molar-refractivity contribution in [2.45, 2.75) is 38.0 Å². The van der Waals surface area contributed by atoms with E-state index < -0.39 is 0 Å². The third kappa shape index (κ3) is 4.03. The Balaban J connectivity index is 1.20. The summed E-state index contributed by atoms with van der Waals surface area (Å²) in [5.41, 5.74) is 2.77. The van der Waals surface area contributed by atoms with Gasteiger partial charge in [-0.15, -0.1) is 6.42 Å². The lowest BCUT2D eigenvalue weighted by Gasteiger charge is -2.17. The van der Waals surface area contributed by atoms with Crippen LogP contribution in [0.1, 0.15) is 49.1 Å². The van der Waals surface area contributed by atoms with Crippen LogP contribution in [0, 0.1) is 35.9 Å². The van der Waals surface area contributed by atoms with Crippen molar-refractivity contribution in [3.63, 3.8) is 0 Å². The molecule has 0 radical (unpaired) electrons. The average molecular weight is 413 g/mol. The summed E-state index contributed by atoms with van der Waals surface area (Å²) in [7, 11) is 0. The van der Waals surface area contributed by atoms with Crippen LogP contribution in [0.2, 0.25) is 0 Å². The smallest absolute Gasteiger partial charge is 0.225 e. The molecule has 2 saturated carbocycles. The number of aromatic nitrogens is 2. The Bertz CT molecular complexity index is 1150. The molecule has 4 nitrogen and oxygen atoms in total. The molecule has 0 bridgehead atoms. The number of terminal acetylenes is 1. The molecule has 3 aromatic rings. The highest BCUT2D eigenvalue weighted by Gasteiger charge is 2.42. The van der Waals surface area contributed by atoms with Crippen LogP contribution in [0.5, 0.6) is 0 Å². The molecule has 31 heavy (non-hydrogen) atoms. The van der Waals surface area contributed by atoms with Crippen LogP contribution in [-0.4, -0.2) is 15.9 Å². The summed E-state index contributed by atoms with van der Waals surface area (Å²) in [6.45, 7) is 0. The van der Waals surface area contributed by atoms with E-state index >= 15 is 0 Å². The van der Waals surface area contributed by atoms with Crippen LogP contribution in [-0.2, 0) is 4.79 Å². The number of hydrogen-bond donors (Lipinski definition) is 1. The molecule has 2 aliphatic carbocycles. The number of carbonyl (C=O) groups is 1. The van der Waals surface area contributed by atoms with Gasteiger partial charge in [0, 0.05) is 29.8 Å². The van der Waals surface area contributed by atoms with Crippen LogP contribution in [0.15, 0.2) is 48.8 Å². The molecule has 2 heterocycles. The zero-order valence-electron chi connectivity index (χ0n) is 17.2. The predicted molar refractivity (Wildman–Crippen MR) is 119 cm³/mol. The van der Waals surface area contributed by atoms with Crippen molar-refractivity contribution >= 4 is 22.6 Å². The summed E-state index contributed by atoms with van der Waals surface area (Å²) >= 11 is 0. The van der Waals surface area contributed by atoms with Crippen molar-refractivity contribution in [1.29, 1.82) is 0 Å². The molecule has 5 rings (SSSR count). The Morgan fingerprint density at radius 1 is 1.10 bits per heavy atom. The van der Waals surface area contributed by atoms with Crippen LogP contribution >= 0.6 is 0 Å². The molecule has 1 aromatic carbocycles. The minimum absolute atomic E-state index is 0.0121. The number of rotatable bonds is 4. The maximum absolute atomic E-state index is 13.8. The molecule has 156 valence electrons. The lowest BCUT2D eigenvalue weighted by molar-refractivity contribution is -0.117. The lowest BCUT2D eigenvalue weighted by Crippen LogP contribution is -2.16. The highest BCUT2D eigenvalue weighted by molar-refractivity contribution is 5.90. The van der Waals surface area contributed by atoms with Gasteiger partial charge in [0.05, 0.1) is 5.52 Å². The molecule has 1 unspecified atom stereocenters. The number of halogens is 1. The van der Waals surface area contributed by atoms with Crippen LogP contribution in [0.4, 0.5) is 10.2 Å². The summed E-state index contributed by atoms with van der Waals surface area (Å²) < 4.78 is 13.8. The van der Waals surface area contributed by atoms with Gasteiger partial charge in [0.1, 0.15) is 11.6 Å². The van der Waals surface area contributed by atoms with Gasteiger partial charge in [-0.05, 0) is 91.3 Å². The number of benzene rings is 1. The molecule has 0 saturated heterocycles. The van der Waals surface area contributed by atoms with Gasteiger partial charge < -0.3 is 5.32 Å². The SMILES string of the molecule is C#Cc1ccc(NC(=O)C[C@H]2C[C@H]3CC(c4ccnc5ccc(F)cc45)C[C@H]3C2)nc1. The minimum Gasteiger partial charge on any atom is -0.311 e. The third-order valence-corrected chi connectivity index (χ3v) is 6.96. The number of nitrogens with one attached hydrogen (secondary N) is 1. The number of carbonyl (C=O) groups excluding carboxylic acids is 1. The van der Waals surface area contributed by atoms with Crippen LogP contribution < -0.4 is 5.32 Å². The molecular formula is C26H24FN3O. The van der Waals surface area contributed by atoms with Crippen molar-refractivity contribution < 1.29 is 9.18 Å². The molecule has 0 spiro atoms. The van der Waals surface area contributed by atoms with Gasteiger partial charge in [0.25, 0.3) is 0 Å². The molecule has 5 heteroatoms. The fourth-order valence-corrected chi connectivity index (χ4v) is 5.67. The quantitative estimate of drug-likeness (QED) is 0.591. The summed E-state index contributed by atoms with van der Waals surface area (Å²) in [6.07, 6.45) is 13.7. The normalized spacial score (nSPS) is 24.6. The van der Waals surface area contributed by atoms with Gasteiger partial charge in [0.15, 0.2) is 0 Å². The Hall–Kier alpha value is -3.26. The van der Waals surface area contributed by atoms with E-state index in [0.29, 0.717) is 41.5 Å². The first-order valence-electron chi connectivity index (χ1n) is 10.9. The fraction of sp³-hybridized carbons (Fsp3) is 0.346. The van der Waals surface area contributed by atoms with Gasteiger partial charge >= 0.3 is 0 Å². The van der Waals surface area contributed by atoms with E-state index in [0.717, 1.165) is 36.6 Å². The highest BCUT2D eigenvalue weighted by atomic mass is 19.1. The third-order valence-electron chi connectivity index (χ3n) is 6.96. The summed E-state index contributed by atoms with van der Waals surface area (Å²) in [5.74, 6) is 4.97. The molecule has 2 fully saturated rings. The van der Waals surface area contributed by atoms with Crippen molar-refractivity contribution in [2.24, 2.45) is 17.8 Å². The Labute approximate surface area is 181 Å². The van der Waals surface area contributed by atoms with E-state index in [-0.39, 0.29) is 11.7 Å². The van der Waals surface area contributed by atoms with Crippen molar-refractivity contribution in [3.8, 4) is 12.3 Å². The number of amides is 1. The second-order valence-corrected chi connectivity index (χ2v) is 8.92. The van der Waals surface area contributed by atoms with Gasteiger partial charge in [-0.25, -0.2) is 9.37 Å². The van der Waals surface area contributed by atoms with E-state index in [2.05, 4.69) is 27.3 Å². The number of nitrogens with zero attached hydrogens (tertiary/aromatic N) is 2. The Kier molecular flexibility index (Phi) is 5.15. The fourth-order valence-electron chi connectivity index (χ4n) is 5.67. The van der Waals surface area contributed by atoms with E-state index in [4.69, 9.17) is 6.42 Å². The van der Waals surface area contributed by atoms with Gasteiger partial charge in [-0.1, -0.05) is 5.92 Å². The number of hydrogen-bond acceptors (Lipinski definition) is 3. The van der Waals surface area contributed by atoms with Gasteiger partial charge in [0.2, 0.25) is 5.91 Å². The molecule has 2 aliphatic rings. The first-order chi connectivity index (χ1) is 15.1. The Morgan fingerprint density at radius 2 is 1.90 bits per heavy atom. The molecule has 1 amide bonds. The molecular weight excluding hydrogens is 389 g/mol. The largest absolute Gasteiger partial charge is 0.311 e. The van der Waals surface area contributed by atoms with Crippen LogP contribution in [0.3, 0.4) is 0 Å². The minimum atomic E-state index is -0.213. The average Bonchev–Trinajstić information content (AvgIpc) is 3.32. The maximum atomic E-state index is 13.8. The first-order valence-corrected chi connectivity index (χ1v) is 10.9. The van der Waals surface area contributed by atoms with Gasteiger partial charge in [-0.2, -0.15) is 0 Å². The lowest BCUT2D eigenvalue weighted by atomic mass is 9.89. The molecule has 0 aliphatic heterocycles. The summed E-state index contributed by atoms with van der Waals surface area (Å²) in [5, 5.41) is 3.82. The topological polar surface area (TPSA) is 54.9 Å². The molecule has 2 aromatic heterocycles. The van der Waals surface area contributed by atoms with E-state index in [1.807, 2.05) is 6.20 Å². The number of fused-ring (bicyclic) bond motifs is 2. The molecule has 1 N–H and O–H groups in total. The zero-order valence-corrected chi connectivity index (χ0v) is 17.2.